The van der Waals surface area contributed by atoms with Crippen LogP contribution in [-0.2, 0) is 4.79 Å². The van der Waals surface area contributed by atoms with Crippen LogP contribution in [0.1, 0.15) is 26.7 Å². The number of carbonyl (C=O) groups excluding carboxylic acids is 2. The Labute approximate surface area is 115 Å². The first-order valence-corrected chi connectivity index (χ1v) is 6.98. The highest BCUT2D eigenvalue weighted by Crippen LogP contribution is 2.08. The van der Waals surface area contributed by atoms with Crippen molar-refractivity contribution >= 4 is 11.9 Å². The van der Waals surface area contributed by atoms with Crippen molar-refractivity contribution in [3.63, 3.8) is 0 Å². The van der Waals surface area contributed by atoms with Crippen LogP contribution < -0.4 is 16.0 Å². The number of likely N-dealkylation sites (N-methyl/N-ethyl adjacent to an activating group) is 1. The fraction of sp³-hybridized carbons (Fsp3) is 0.846. The highest BCUT2D eigenvalue weighted by molar-refractivity contribution is 5.95. The van der Waals surface area contributed by atoms with Gasteiger partial charge < -0.3 is 10.6 Å². The van der Waals surface area contributed by atoms with E-state index in [2.05, 4.69) is 20.9 Å². The zero-order valence-electron chi connectivity index (χ0n) is 12.2. The number of rotatable bonds is 5. The molecule has 1 saturated heterocycles. The molecule has 0 spiro atoms. The van der Waals surface area contributed by atoms with Gasteiger partial charge in [0.2, 0.25) is 5.91 Å². The van der Waals surface area contributed by atoms with E-state index in [0.29, 0.717) is 18.5 Å². The van der Waals surface area contributed by atoms with Crippen LogP contribution in [0.25, 0.3) is 0 Å². The van der Waals surface area contributed by atoms with Crippen molar-refractivity contribution in [3.8, 4) is 0 Å². The van der Waals surface area contributed by atoms with Gasteiger partial charge in [0.25, 0.3) is 0 Å². The van der Waals surface area contributed by atoms with Gasteiger partial charge in [0, 0.05) is 19.1 Å². The summed E-state index contributed by atoms with van der Waals surface area (Å²) in [7, 11) is 1.94. The van der Waals surface area contributed by atoms with Gasteiger partial charge in [-0.2, -0.15) is 0 Å². The quantitative estimate of drug-likeness (QED) is 0.665. The second-order valence-electron chi connectivity index (χ2n) is 5.51. The van der Waals surface area contributed by atoms with Crippen LogP contribution >= 0.6 is 0 Å². The van der Waals surface area contributed by atoms with E-state index < -0.39 is 6.03 Å². The minimum absolute atomic E-state index is 0.238. The minimum atomic E-state index is -0.402. The number of piperidine rings is 1. The number of likely N-dealkylation sites (tertiary alicyclic amines) is 1. The van der Waals surface area contributed by atoms with Crippen molar-refractivity contribution in [2.24, 2.45) is 5.92 Å². The van der Waals surface area contributed by atoms with Gasteiger partial charge in [0.05, 0.1) is 6.54 Å². The molecule has 0 aromatic carbocycles. The molecule has 0 saturated carbocycles. The molecule has 3 amide bonds. The number of urea groups is 1. The number of hydrogen-bond donors (Lipinski definition) is 3. The molecule has 3 N–H and O–H groups in total. The van der Waals surface area contributed by atoms with Crippen LogP contribution in [-0.4, -0.2) is 56.1 Å². The Morgan fingerprint density at radius 2 is 2.11 bits per heavy atom. The van der Waals surface area contributed by atoms with Gasteiger partial charge in [-0.25, -0.2) is 4.79 Å². The number of carbonyl (C=O) groups is 2. The zero-order chi connectivity index (χ0) is 14.3. The van der Waals surface area contributed by atoms with Crippen molar-refractivity contribution in [3.05, 3.63) is 0 Å². The Morgan fingerprint density at radius 1 is 1.37 bits per heavy atom. The Kier molecular flexibility index (Phi) is 6.80. The van der Waals surface area contributed by atoms with E-state index in [1.165, 1.54) is 0 Å². The summed E-state index contributed by atoms with van der Waals surface area (Å²) in [6, 6.07) is 0.0391. The molecule has 1 rings (SSSR count). The molecule has 1 aliphatic heterocycles. The molecule has 6 heteroatoms. The summed E-state index contributed by atoms with van der Waals surface area (Å²) < 4.78 is 0. The lowest BCUT2D eigenvalue weighted by molar-refractivity contribution is -0.121. The van der Waals surface area contributed by atoms with Gasteiger partial charge >= 0.3 is 6.03 Å². The third kappa shape index (κ3) is 6.54. The van der Waals surface area contributed by atoms with Gasteiger partial charge in [-0.05, 0) is 32.4 Å². The normalized spacial score (nSPS) is 20.3. The first kappa shape index (κ1) is 15.9. The SMILES string of the molecule is CNC1CCCN(CC(=O)NC(=O)NCC(C)C)C1. The van der Waals surface area contributed by atoms with E-state index in [0.717, 1.165) is 25.9 Å². The van der Waals surface area contributed by atoms with Crippen LogP contribution in [0.3, 0.4) is 0 Å². The summed E-state index contributed by atoms with van der Waals surface area (Å²) in [6.45, 7) is 6.65. The van der Waals surface area contributed by atoms with E-state index in [4.69, 9.17) is 0 Å². The molecule has 1 unspecified atom stereocenters. The highest BCUT2D eigenvalue weighted by atomic mass is 16.2. The summed E-state index contributed by atoms with van der Waals surface area (Å²) >= 11 is 0. The van der Waals surface area contributed by atoms with Crippen molar-refractivity contribution in [1.29, 1.82) is 0 Å². The fourth-order valence-corrected chi connectivity index (χ4v) is 2.15. The number of nitrogens with zero attached hydrogens (tertiary/aromatic N) is 1. The summed E-state index contributed by atoms with van der Waals surface area (Å²) in [6.07, 6.45) is 2.22. The first-order chi connectivity index (χ1) is 9.01. The average Bonchev–Trinajstić information content (AvgIpc) is 2.36. The second-order valence-corrected chi connectivity index (χ2v) is 5.51. The number of amides is 3. The van der Waals surface area contributed by atoms with E-state index >= 15 is 0 Å². The maximum atomic E-state index is 11.7. The Bertz CT molecular complexity index is 307. The Hall–Kier alpha value is -1.14. The lowest BCUT2D eigenvalue weighted by Gasteiger charge is -2.31. The summed E-state index contributed by atoms with van der Waals surface area (Å²) in [5.41, 5.74) is 0. The Balaban J connectivity index is 2.24. The summed E-state index contributed by atoms with van der Waals surface area (Å²) in [5, 5.41) is 8.26. The molecule has 1 fully saturated rings. The summed E-state index contributed by atoms with van der Waals surface area (Å²) in [5.74, 6) is 0.136. The fourth-order valence-electron chi connectivity index (χ4n) is 2.15. The molecule has 0 aromatic rings. The molecule has 1 atom stereocenters. The molecule has 0 bridgehead atoms. The maximum Gasteiger partial charge on any atom is 0.321 e. The molecule has 1 aliphatic rings. The van der Waals surface area contributed by atoms with Crippen LogP contribution in [0, 0.1) is 5.92 Å². The monoisotopic (exact) mass is 270 g/mol. The zero-order valence-corrected chi connectivity index (χ0v) is 12.2. The largest absolute Gasteiger partial charge is 0.338 e. The van der Waals surface area contributed by atoms with E-state index in [1.54, 1.807) is 0 Å². The van der Waals surface area contributed by atoms with Gasteiger partial charge in [-0.1, -0.05) is 13.8 Å². The Morgan fingerprint density at radius 3 is 2.74 bits per heavy atom. The predicted molar refractivity (Wildman–Crippen MR) is 74.9 cm³/mol. The molecule has 0 aliphatic carbocycles. The minimum Gasteiger partial charge on any atom is -0.338 e. The first-order valence-electron chi connectivity index (χ1n) is 6.98. The average molecular weight is 270 g/mol. The van der Waals surface area contributed by atoms with E-state index in [1.807, 2.05) is 20.9 Å². The third-order valence-corrected chi connectivity index (χ3v) is 3.20. The summed E-state index contributed by atoms with van der Waals surface area (Å²) in [4.78, 5) is 25.3. The van der Waals surface area contributed by atoms with E-state index in [-0.39, 0.29) is 12.5 Å². The molecular weight excluding hydrogens is 244 g/mol. The van der Waals surface area contributed by atoms with E-state index in [9.17, 15) is 9.59 Å². The van der Waals surface area contributed by atoms with Gasteiger partial charge in [-0.3, -0.25) is 15.0 Å². The molecule has 6 nitrogen and oxygen atoms in total. The number of nitrogens with one attached hydrogen (secondary N) is 3. The molecule has 1 heterocycles. The van der Waals surface area contributed by atoms with Crippen LogP contribution in [0.15, 0.2) is 0 Å². The molecule has 0 radical (unpaired) electrons. The topological polar surface area (TPSA) is 73.5 Å². The van der Waals surface area contributed by atoms with Crippen molar-refractivity contribution in [1.82, 2.24) is 20.9 Å². The predicted octanol–water partition coefficient (Wildman–Crippen LogP) is 0.152. The highest BCUT2D eigenvalue weighted by Gasteiger charge is 2.20. The smallest absolute Gasteiger partial charge is 0.321 e. The van der Waals surface area contributed by atoms with Gasteiger partial charge in [0.1, 0.15) is 0 Å². The number of hydrogen-bond acceptors (Lipinski definition) is 4. The lowest BCUT2D eigenvalue weighted by atomic mass is 10.1. The van der Waals surface area contributed by atoms with Crippen molar-refractivity contribution in [2.75, 3.05) is 33.2 Å². The van der Waals surface area contributed by atoms with Crippen LogP contribution in [0.5, 0.6) is 0 Å². The van der Waals surface area contributed by atoms with Crippen LogP contribution in [0.4, 0.5) is 4.79 Å². The molecular formula is C13H26N4O2. The second kappa shape index (κ2) is 8.12. The molecule has 0 aromatic heterocycles. The molecule has 19 heavy (non-hydrogen) atoms. The lowest BCUT2D eigenvalue weighted by Crippen LogP contribution is -2.50. The van der Waals surface area contributed by atoms with Crippen molar-refractivity contribution in [2.45, 2.75) is 32.7 Å². The van der Waals surface area contributed by atoms with Crippen molar-refractivity contribution < 1.29 is 9.59 Å². The maximum absolute atomic E-state index is 11.7. The standard InChI is InChI=1S/C13H26N4O2/c1-10(2)7-15-13(19)16-12(18)9-17-6-4-5-11(8-17)14-3/h10-11,14H,4-9H2,1-3H3,(H2,15,16,18,19). The van der Waals surface area contributed by atoms with Gasteiger partial charge in [-0.15, -0.1) is 0 Å². The molecule has 110 valence electrons. The van der Waals surface area contributed by atoms with Gasteiger partial charge in [0.15, 0.2) is 0 Å². The number of imide groups is 1. The van der Waals surface area contributed by atoms with Crippen LogP contribution in [0.2, 0.25) is 0 Å². The third-order valence-electron chi connectivity index (χ3n) is 3.20.